The van der Waals surface area contributed by atoms with Crippen molar-refractivity contribution in [1.82, 2.24) is 9.97 Å². The van der Waals surface area contributed by atoms with Gasteiger partial charge in [-0.1, -0.05) is 54.1 Å². The molecule has 0 bridgehead atoms. The second kappa shape index (κ2) is 8.03. The number of aromatic nitrogens is 2. The minimum Gasteiger partial charge on any atom is -0.453 e. The molecule has 0 fully saturated rings. The average Bonchev–Trinajstić information content (AvgIpc) is 3.05. The quantitative estimate of drug-likeness (QED) is 0.629. The molecule has 1 amide bonds. The van der Waals surface area contributed by atoms with Gasteiger partial charge in [0.05, 0.1) is 13.2 Å². The van der Waals surface area contributed by atoms with Crippen LogP contribution in [0.3, 0.4) is 0 Å². The molecule has 0 aliphatic rings. The monoisotopic (exact) mass is 370 g/mol. The smallest absolute Gasteiger partial charge is 0.411 e. The third-order valence-corrected chi connectivity index (χ3v) is 4.19. The largest absolute Gasteiger partial charge is 0.453 e. The summed E-state index contributed by atoms with van der Waals surface area (Å²) in [6.07, 6.45) is 0.135. The lowest BCUT2D eigenvalue weighted by molar-refractivity contribution is 0.187. The van der Waals surface area contributed by atoms with Crippen molar-refractivity contribution in [3.05, 3.63) is 71.1 Å². The van der Waals surface area contributed by atoms with Gasteiger partial charge in [0.1, 0.15) is 16.7 Å². The molecular weight excluding hydrogens is 352 g/mol. The number of hydrogen-bond acceptors (Lipinski definition) is 4. The molecule has 3 aromatic rings. The van der Waals surface area contributed by atoms with Gasteiger partial charge in [0, 0.05) is 11.3 Å². The summed E-state index contributed by atoms with van der Waals surface area (Å²) in [5.41, 5.74) is 9.46. The summed E-state index contributed by atoms with van der Waals surface area (Å²) in [6.45, 7) is 0. The normalized spacial score (nSPS) is 11.8. The van der Waals surface area contributed by atoms with Gasteiger partial charge in [-0.25, -0.2) is 9.78 Å². The third-order valence-electron chi connectivity index (χ3n) is 3.92. The molecule has 1 heterocycles. The first-order valence-corrected chi connectivity index (χ1v) is 8.45. The summed E-state index contributed by atoms with van der Waals surface area (Å²) in [6, 6.07) is 16.8. The number of aromatic amines is 1. The fraction of sp³-hybridized carbons (Fsp3) is 0.158. The van der Waals surface area contributed by atoms with Crippen LogP contribution < -0.4 is 11.1 Å². The topological polar surface area (TPSA) is 93.0 Å². The standard InChI is InChI=1S/C19H19ClN4O2/c1-26-19(25)22-14-9-7-13(8-10-14)16-17(20)24-18(23-16)15(21)11-12-5-3-2-4-6-12/h2-10,15H,11,21H2,1H3,(H,22,25)(H,23,24)/t15-/m0/s1. The number of hydrogen-bond donors (Lipinski definition) is 3. The number of nitrogens with zero attached hydrogens (tertiary/aromatic N) is 1. The van der Waals surface area contributed by atoms with Crippen molar-refractivity contribution in [2.24, 2.45) is 5.73 Å². The highest BCUT2D eigenvalue weighted by Gasteiger charge is 2.16. The number of carbonyl (C=O) groups excluding carboxylic acids is 1. The minimum atomic E-state index is -0.523. The zero-order chi connectivity index (χ0) is 18.5. The second-order valence-corrected chi connectivity index (χ2v) is 6.15. The van der Waals surface area contributed by atoms with E-state index in [1.165, 1.54) is 7.11 Å². The van der Waals surface area contributed by atoms with Gasteiger partial charge in [0.25, 0.3) is 0 Å². The number of H-pyrrole nitrogens is 1. The number of ether oxygens (including phenoxy) is 1. The molecule has 7 heteroatoms. The number of benzene rings is 2. The van der Waals surface area contributed by atoms with Crippen molar-refractivity contribution >= 4 is 23.4 Å². The number of nitrogens with two attached hydrogens (primary N) is 1. The summed E-state index contributed by atoms with van der Waals surface area (Å²) >= 11 is 6.31. The van der Waals surface area contributed by atoms with Gasteiger partial charge in [-0.2, -0.15) is 0 Å². The molecule has 0 unspecified atom stereocenters. The molecule has 6 nitrogen and oxygen atoms in total. The number of nitrogens with one attached hydrogen (secondary N) is 2. The van der Waals surface area contributed by atoms with Crippen molar-refractivity contribution in [1.29, 1.82) is 0 Å². The Morgan fingerprint density at radius 1 is 1.23 bits per heavy atom. The molecule has 0 spiro atoms. The number of amides is 1. The van der Waals surface area contributed by atoms with Crippen molar-refractivity contribution in [3.63, 3.8) is 0 Å². The summed E-state index contributed by atoms with van der Waals surface area (Å²) < 4.78 is 4.56. The molecule has 134 valence electrons. The van der Waals surface area contributed by atoms with Gasteiger partial charge in [0.2, 0.25) is 0 Å². The van der Waals surface area contributed by atoms with E-state index in [1.54, 1.807) is 12.1 Å². The van der Waals surface area contributed by atoms with E-state index in [1.807, 2.05) is 42.5 Å². The molecule has 2 aromatic carbocycles. The van der Waals surface area contributed by atoms with Crippen LogP contribution in [0.2, 0.25) is 5.15 Å². The van der Waals surface area contributed by atoms with Crippen LogP contribution in [0.15, 0.2) is 54.6 Å². The Labute approximate surface area is 156 Å². The number of imidazole rings is 1. The number of halogens is 1. The van der Waals surface area contributed by atoms with Gasteiger partial charge in [-0.15, -0.1) is 0 Å². The number of rotatable bonds is 5. The highest BCUT2D eigenvalue weighted by atomic mass is 35.5. The first kappa shape index (κ1) is 18.0. The fourth-order valence-corrected chi connectivity index (χ4v) is 2.83. The van der Waals surface area contributed by atoms with Crippen molar-refractivity contribution < 1.29 is 9.53 Å². The summed E-state index contributed by atoms with van der Waals surface area (Å²) in [4.78, 5) is 18.8. The maximum Gasteiger partial charge on any atom is 0.411 e. The van der Waals surface area contributed by atoms with E-state index in [0.717, 1.165) is 11.1 Å². The summed E-state index contributed by atoms with van der Waals surface area (Å²) in [5.74, 6) is 0.630. The van der Waals surface area contributed by atoms with Crippen LogP contribution in [0, 0.1) is 0 Å². The summed E-state index contributed by atoms with van der Waals surface area (Å²) in [7, 11) is 1.31. The van der Waals surface area contributed by atoms with Gasteiger partial charge in [-0.05, 0) is 24.1 Å². The fourth-order valence-electron chi connectivity index (χ4n) is 2.58. The van der Waals surface area contributed by atoms with Crippen LogP contribution in [0.4, 0.5) is 10.5 Å². The Kier molecular flexibility index (Phi) is 5.55. The number of methoxy groups -OCH3 is 1. The Bertz CT molecular complexity index is 878. The van der Waals surface area contributed by atoms with Gasteiger partial charge in [0.15, 0.2) is 0 Å². The third kappa shape index (κ3) is 4.22. The van der Waals surface area contributed by atoms with E-state index < -0.39 is 6.09 Å². The van der Waals surface area contributed by atoms with E-state index in [9.17, 15) is 4.79 Å². The van der Waals surface area contributed by atoms with Gasteiger partial charge in [-0.3, -0.25) is 5.32 Å². The Morgan fingerprint density at radius 2 is 1.92 bits per heavy atom. The van der Waals surface area contributed by atoms with Gasteiger partial charge >= 0.3 is 6.09 Å². The minimum absolute atomic E-state index is 0.288. The predicted octanol–water partition coefficient (Wildman–Crippen LogP) is 4.15. The van der Waals surface area contributed by atoms with Crippen molar-refractivity contribution in [3.8, 4) is 11.3 Å². The molecule has 4 N–H and O–H groups in total. The Balaban J connectivity index is 1.76. The lowest BCUT2D eigenvalue weighted by Crippen LogP contribution is -2.15. The predicted molar refractivity (Wildman–Crippen MR) is 102 cm³/mol. The molecule has 1 aromatic heterocycles. The Morgan fingerprint density at radius 3 is 2.58 bits per heavy atom. The second-order valence-electron chi connectivity index (χ2n) is 5.77. The highest BCUT2D eigenvalue weighted by Crippen LogP contribution is 2.28. The van der Waals surface area contributed by atoms with Crippen LogP contribution in [-0.4, -0.2) is 23.2 Å². The van der Waals surface area contributed by atoms with Crippen LogP contribution >= 0.6 is 11.6 Å². The van der Waals surface area contributed by atoms with Crippen LogP contribution in [0.1, 0.15) is 17.4 Å². The van der Waals surface area contributed by atoms with Crippen LogP contribution in [-0.2, 0) is 11.2 Å². The zero-order valence-corrected chi connectivity index (χ0v) is 15.0. The van der Waals surface area contributed by atoms with E-state index in [4.69, 9.17) is 17.3 Å². The van der Waals surface area contributed by atoms with Crippen LogP contribution in [0.25, 0.3) is 11.3 Å². The molecule has 0 aliphatic carbocycles. The number of carbonyl (C=O) groups is 1. The molecule has 0 radical (unpaired) electrons. The van der Waals surface area contributed by atoms with E-state index >= 15 is 0 Å². The van der Waals surface area contributed by atoms with Crippen LogP contribution in [0.5, 0.6) is 0 Å². The Hall–Kier alpha value is -2.83. The molecule has 3 rings (SSSR count). The maximum absolute atomic E-state index is 11.2. The highest BCUT2D eigenvalue weighted by molar-refractivity contribution is 6.31. The maximum atomic E-state index is 11.2. The molecule has 0 saturated carbocycles. The molecule has 0 saturated heterocycles. The molecule has 0 aliphatic heterocycles. The molecule has 26 heavy (non-hydrogen) atoms. The lowest BCUT2D eigenvalue weighted by atomic mass is 10.1. The van der Waals surface area contributed by atoms with E-state index in [0.29, 0.717) is 28.8 Å². The first-order chi connectivity index (χ1) is 12.6. The first-order valence-electron chi connectivity index (χ1n) is 8.07. The zero-order valence-electron chi connectivity index (χ0n) is 14.2. The lowest BCUT2D eigenvalue weighted by Gasteiger charge is -2.08. The molecule has 1 atom stereocenters. The SMILES string of the molecule is COC(=O)Nc1ccc(-c2nc([C@@H](N)Cc3ccccc3)[nH]c2Cl)cc1. The van der Waals surface area contributed by atoms with Gasteiger partial charge < -0.3 is 15.5 Å². The van der Waals surface area contributed by atoms with E-state index in [2.05, 4.69) is 20.0 Å². The van der Waals surface area contributed by atoms with Crippen molar-refractivity contribution in [2.45, 2.75) is 12.5 Å². The average molecular weight is 371 g/mol. The molecular formula is C19H19ClN4O2. The summed E-state index contributed by atoms with van der Waals surface area (Å²) in [5, 5.41) is 3.02. The number of anilines is 1. The van der Waals surface area contributed by atoms with Crippen molar-refractivity contribution in [2.75, 3.05) is 12.4 Å². The van der Waals surface area contributed by atoms with E-state index in [-0.39, 0.29) is 6.04 Å².